The van der Waals surface area contributed by atoms with Crippen LogP contribution in [0.15, 0.2) is 71.5 Å². The number of ether oxygens (including phenoxy) is 1. The molecule has 46 heavy (non-hydrogen) atoms. The molecule has 3 aliphatic rings. The summed E-state index contributed by atoms with van der Waals surface area (Å²) in [6.45, 7) is 7.99. The lowest BCUT2D eigenvalue weighted by molar-refractivity contribution is -0.384. The summed E-state index contributed by atoms with van der Waals surface area (Å²) < 4.78 is 12.0. The molecule has 0 aromatic heterocycles. The number of non-ortho nitro benzene ring substituents is 1. The Hall–Kier alpha value is -4.94. The molecule has 3 aromatic carbocycles. The molecule has 1 aliphatic carbocycles. The molecule has 1 amide bonds. The van der Waals surface area contributed by atoms with Crippen LogP contribution in [0.4, 0.5) is 5.69 Å². The number of carbonyl (C=O) groups excluding carboxylic acids is 3. The molecule has 11 nitrogen and oxygen atoms in total. The highest BCUT2D eigenvalue weighted by Gasteiger charge is 2.58. The Kier molecular flexibility index (Phi) is 7.95. The van der Waals surface area contributed by atoms with Crippen molar-refractivity contribution < 1.29 is 33.3 Å². The fourth-order valence-electron chi connectivity index (χ4n) is 6.54. The number of ketones is 1. The highest BCUT2D eigenvalue weighted by Crippen LogP contribution is 2.49. The van der Waals surface area contributed by atoms with Crippen molar-refractivity contribution in [3.8, 4) is 11.1 Å². The SMILES string of the molecule is CON=Cc1ccc2c(c1)C(=O)c1ccc(C3=C(C(=O)OCc4ccc([N+](=O)[O-])cc4)N4C(=O)[C@H]([C@@H](C)O[Si](C)(C)C)[C@H]4C3)cc1-2. The Morgan fingerprint density at radius 2 is 1.76 bits per heavy atom. The maximum Gasteiger partial charge on any atom is 0.355 e. The van der Waals surface area contributed by atoms with Crippen LogP contribution in [-0.4, -0.2) is 61.3 Å². The number of nitro benzene ring substituents is 1. The van der Waals surface area contributed by atoms with Gasteiger partial charge in [0.1, 0.15) is 19.4 Å². The van der Waals surface area contributed by atoms with E-state index in [1.54, 1.807) is 12.1 Å². The number of benzene rings is 3. The van der Waals surface area contributed by atoms with Gasteiger partial charge in [-0.05, 0) is 96.7 Å². The van der Waals surface area contributed by atoms with Crippen molar-refractivity contribution in [1.29, 1.82) is 0 Å². The minimum absolute atomic E-state index is 0.0680. The van der Waals surface area contributed by atoms with E-state index >= 15 is 0 Å². The van der Waals surface area contributed by atoms with Crippen LogP contribution in [0.5, 0.6) is 0 Å². The Morgan fingerprint density at radius 3 is 2.43 bits per heavy atom. The fraction of sp³-hybridized carbons (Fsp3) is 0.294. The van der Waals surface area contributed by atoms with E-state index in [1.165, 1.54) is 42.5 Å². The first-order valence-electron chi connectivity index (χ1n) is 14.9. The van der Waals surface area contributed by atoms with E-state index in [1.807, 2.05) is 31.2 Å². The maximum atomic E-state index is 13.7. The molecule has 0 bridgehead atoms. The van der Waals surface area contributed by atoms with Crippen molar-refractivity contribution in [2.24, 2.45) is 11.1 Å². The Balaban J connectivity index is 1.35. The van der Waals surface area contributed by atoms with Crippen molar-refractivity contribution in [3.63, 3.8) is 0 Å². The number of oxime groups is 1. The third-order valence-electron chi connectivity index (χ3n) is 8.46. The number of fused-ring (bicyclic) bond motifs is 4. The van der Waals surface area contributed by atoms with Gasteiger partial charge in [0.15, 0.2) is 14.1 Å². The van der Waals surface area contributed by atoms with Crippen LogP contribution in [0.2, 0.25) is 19.6 Å². The summed E-state index contributed by atoms with van der Waals surface area (Å²) >= 11 is 0. The zero-order chi connectivity index (χ0) is 32.9. The Labute approximate surface area is 266 Å². The van der Waals surface area contributed by atoms with Gasteiger partial charge in [-0.2, -0.15) is 0 Å². The van der Waals surface area contributed by atoms with Crippen molar-refractivity contribution >= 4 is 43.5 Å². The first kappa shape index (κ1) is 31.1. The molecule has 3 aromatic rings. The van der Waals surface area contributed by atoms with E-state index in [4.69, 9.17) is 14.0 Å². The summed E-state index contributed by atoms with van der Waals surface area (Å²) in [4.78, 5) is 57.5. The lowest BCUT2D eigenvalue weighted by atomic mass is 9.82. The monoisotopic (exact) mass is 639 g/mol. The van der Waals surface area contributed by atoms with Crippen LogP contribution >= 0.6 is 0 Å². The molecule has 1 saturated heterocycles. The molecule has 2 heterocycles. The third kappa shape index (κ3) is 5.54. The smallest absolute Gasteiger partial charge is 0.355 e. The van der Waals surface area contributed by atoms with Crippen LogP contribution in [0.1, 0.15) is 46.0 Å². The van der Waals surface area contributed by atoms with E-state index in [9.17, 15) is 24.5 Å². The van der Waals surface area contributed by atoms with Gasteiger partial charge in [0, 0.05) is 23.3 Å². The minimum Gasteiger partial charge on any atom is -0.456 e. The maximum absolute atomic E-state index is 13.7. The van der Waals surface area contributed by atoms with Gasteiger partial charge in [-0.15, -0.1) is 0 Å². The molecule has 2 aliphatic heterocycles. The molecule has 0 unspecified atom stereocenters. The second kappa shape index (κ2) is 11.8. The molecule has 1 fully saturated rings. The molecule has 0 spiro atoms. The van der Waals surface area contributed by atoms with Crippen LogP contribution in [0.3, 0.4) is 0 Å². The van der Waals surface area contributed by atoms with Gasteiger partial charge in [0.05, 0.1) is 29.2 Å². The van der Waals surface area contributed by atoms with Gasteiger partial charge >= 0.3 is 5.97 Å². The summed E-state index contributed by atoms with van der Waals surface area (Å²) in [6.07, 6.45) is 1.63. The van der Waals surface area contributed by atoms with Gasteiger partial charge in [0.2, 0.25) is 5.91 Å². The molecule has 0 saturated carbocycles. The quantitative estimate of drug-likeness (QED) is 0.0537. The summed E-state index contributed by atoms with van der Waals surface area (Å²) in [6, 6.07) is 16.4. The van der Waals surface area contributed by atoms with E-state index in [2.05, 4.69) is 24.8 Å². The topological polar surface area (TPSA) is 138 Å². The predicted molar refractivity (Wildman–Crippen MR) is 172 cm³/mol. The zero-order valence-corrected chi connectivity index (χ0v) is 27.1. The Bertz CT molecular complexity index is 1840. The highest BCUT2D eigenvalue weighted by atomic mass is 28.4. The van der Waals surface area contributed by atoms with Crippen molar-refractivity contribution in [3.05, 3.63) is 104 Å². The molecule has 236 valence electrons. The Morgan fingerprint density at radius 1 is 1.04 bits per heavy atom. The molecular weight excluding hydrogens is 606 g/mol. The van der Waals surface area contributed by atoms with Crippen molar-refractivity contribution in [2.45, 2.75) is 51.7 Å². The summed E-state index contributed by atoms with van der Waals surface area (Å²) in [5.41, 5.74) is 5.38. The van der Waals surface area contributed by atoms with Gasteiger partial charge in [0.25, 0.3) is 5.69 Å². The molecule has 6 rings (SSSR count). The second-order valence-electron chi connectivity index (χ2n) is 12.6. The van der Waals surface area contributed by atoms with E-state index in [-0.39, 0.29) is 41.8 Å². The largest absolute Gasteiger partial charge is 0.456 e. The second-order valence-corrected chi connectivity index (χ2v) is 17.0. The number of esters is 1. The van der Waals surface area contributed by atoms with Crippen molar-refractivity contribution in [1.82, 2.24) is 4.90 Å². The first-order chi connectivity index (χ1) is 21.9. The molecule has 12 heteroatoms. The van der Waals surface area contributed by atoms with Crippen LogP contribution in [-0.2, 0) is 30.2 Å². The van der Waals surface area contributed by atoms with E-state index < -0.39 is 25.1 Å². The summed E-state index contributed by atoms with van der Waals surface area (Å²) in [5.74, 6) is -1.38. The molecule has 0 radical (unpaired) electrons. The van der Waals surface area contributed by atoms with Crippen LogP contribution in [0.25, 0.3) is 16.7 Å². The number of amides is 1. The van der Waals surface area contributed by atoms with Crippen molar-refractivity contribution in [2.75, 3.05) is 7.11 Å². The summed E-state index contributed by atoms with van der Waals surface area (Å²) in [5, 5.41) is 14.8. The lowest BCUT2D eigenvalue weighted by Gasteiger charge is -2.47. The number of rotatable bonds is 10. The van der Waals surface area contributed by atoms with Gasteiger partial charge in [-0.25, -0.2) is 4.79 Å². The fourth-order valence-corrected chi connectivity index (χ4v) is 7.80. The number of hydrogen-bond donors (Lipinski definition) is 0. The van der Waals surface area contributed by atoms with Gasteiger partial charge in [-0.3, -0.25) is 19.7 Å². The predicted octanol–water partition coefficient (Wildman–Crippen LogP) is 5.71. The zero-order valence-electron chi connectivity index (χ0n) is 26.1. The highest BCUT2D eigenvalue weighted by molar-refractivity contribution is 6.69. The molecule has 3 atom stereocenters. The summed E-state index contributed by atoms with van der Waals surface area (Å²) in [7, 11) is -0.502. The first-order valence-corrected chi connectivity index (χ1v) is 18.3. The molecule has 0 N–H and O–H groups in total. The average molecular weight is 640 g/mol. The standard InChI is InChI=1S/C34H33N3O8Si/c1-19(45-46(3,4)5)30-29-16-26(31(36(29)33(30)39)34(40)44-18-20-6-10-23(11-7-20)37(41)42)22-9-13-25-27(15-22)24-12-8-21(17-35-43-2)14-28(24)32(25)38/h6-15,17,19,29-30H,16,18H2,1-5H3/t19-,29-,30-/m1/s1. The van der Waals surface area contributed by atoms with Gasteiger partial charge < -0.3 is 18.9 Å². The van der Waals surface area contributed by atoms with E-state index in [0.717, 1.165) is 16.7 Å². The number of hydrogen-bond acceptors (Lipinski definition) is 9. The number of β-lactam (4-membered cyclic amide) rings is 1. The van der Waals surface area contributed by atoms with Crippen LogP contribution < -0.4 is 0 Å². The molecular formula is C34H33N3O8Si. The number of nitrogens with zero attached hydrogens (tertiary/aromatic N) is 3. The van der Waals surface area contributed by atoms with Crippen LogP contribution in [0, 0.1) is 16.0 Å². The normalized spacial score (nSPS) is 19.1. The van der Waals surface area contributed by atoms with E-state index in [0.29, 0.717) is 34.2 Å². The average Bonchev–Trinajstić information content (AvgIpc) is 3.50. The third-order valence-corrected chi connectivity index (χ3v) is 9.54. The lowest BCUT2D eigenvalue weighted by Crippen LogP contribution is -2.63. The number of carbonyl (C=O) groups is 3. The number of nitro groups is 1. The minimum atomic E-state index is -1.95. The van der Waals surface area contributed by atoms with Gasteiger partial charge in [-0.1, -0.05) is 23.4 Å².